The molecule has 0 radical (unpaired) electrons. The van der Waals surface area contributed by atoms with Crippen molar-refractivity contribution in [3.05, 3.63) is 35.9 Å². The molecule has 0 saturated carbocycles. The normalized spacial score (nSPS) is 12.9. The summed E-state index contributed by atoms with van der Waals surface area (Å²) in [7, 11) is 0. The zero-order chi connectivity index (χ0) is 34.9. The number of amides is 5. The fourth-order valence-electron chi connectivity index (χ4n) is 4.02. The Bertz CT molecular complexity index is 1210. The first kappa shape index (κ1) is 39.1. The summed E-state index contributed by atoms with van der Waals surface area (Å²) in [5.41, 5.74) is 10.5. The summed E-state index contributed by atoms with van der Waals surface area (Å²) in [5, 5.41) is 22.0. The van der Waals surface area contributed by atoms with E-state index in [9.17, 15) is 33.9 Å². The highest BCUT2D eigenvalue weighted by Crippen LogP contribution is 2.10. The molecule has 5 amide bonds. The second-order valence-electron chi connectivity index (χ2n) is 12.0. The van der Waals surface area contributed by atoms with Crippen LogP contribution in [0.3, 0.4) is 0 Å². The van der Waals surface area contributed by atoms with Gasteiger partial charge in [0, 0.05) is 13.0 Å². The van der Waals surface area contributed by atoms with Gasteiger partial charge in [-0.3, -0.25) is 24.2 Å². The maximum atomic E-state index is 13.5. The van der Waals surface area contributed by atoms with Crippen LogP contribution in [0.1, 0.15) is 59.4 Å². The number of nitrogens with zero attached hydrogens (tertiary/aromatic N) is 1. The SMILES string of the molecule is CC(C)C[C@H](NC(=O)[C@H](Cc1ccccc1)NC(=O)CNC(=O)CNC(=O)OC(C)(C)C)C(=O)N[C@@H](CCCN=C(N)N)C(=O)O. The molecule has 256 valence electrons. The lowest BCUT2D eigenvalue weighted by Gasteiger charge is -2.25. The van der Waals surface area contributed by atoms with Crippen molar-refractivity contribution in [1.82, 2.24) is 26.6 Å². The number of benzene rings is 1. The summed E-state index contributed by atoms with van der Waals surface area (Å²) in [6.07, 6.45) is -0.219. The van der Waals surface area contributed by atoms with Crippen molar-refractivity contribution in [2.45, 2.75) is 84.0 Å². The van der Waals surface area contributed by atoms with Crippen molar-refractivity contribution >= 4 is 41.7 Å². The molecule has 0 aliphatic rings. The molecular weight excluding hydrogens is 600 g/mol. The number of carbonyl (C=O) groups is 6. The minimum Gasteiger partial charge on any atom is -0.480 e. The summed E-state index contributed by atoms with van der Waals surface area (Å²) >= 11 is 0. The molecule has 0 spiro atoms. The quantitative estimate of drug-likeness (QED) is 0.0575. The van der Waals surface area contributed by atoms with Gasteiger partial charge in [0.15, 0.2) is 5.96 Å². The van der Waals surface area contributed by atoms with Gasteiger partial charge in [0.05, 0.1) is 6.54 Å². The van der Waals surface area contributed by atoms with Crippen LogP contribution < -0.4 is 38.1 Å². The number of nitrogens with one attached hydrogen (secondary N) is 5. The number of hydrogen-bond acceptors (Lipinski definition) is 8. The molecule has 0 aliphatic heterocycles. The van der Waals surface area contributed by atoms with E-state index in [1.807, 2.05) is 13.8 Å². The highest BCUT2D eigenvalue weighted by Gasteiger charge is 2.30. The number of aliphatic imine (C=N–C) groups is 1. The summed E-state index contributed by atoms with van der Waals surface area (Å²) in [5.74, 6) is -4.20. The lowest BCUT2D eigenvalue weighted by molar-refractivity contribution is -0.142. The molecule has 3 atom stereocenters. The number of hydrogen-bond donors (Lipinski definition) is 8. The Kier molecular flexibility index (Phi) is 16.6. The number of alkyl carbamates (subject to hydrolysis) is 1. The third kappa shape index (κ3) is 17.4. The van der Waals surface area contributed by atoms with E-state index < -0.39 is 72.5 Å². The number of carboxylic acid groups (broad SMARTS) is 1. The molecule has 0 saturated heterocycles. The van der Waals surface area contributed by atoms with Gasteiger partial charge in [-0.15, -0.1) is 0 Å². The van der Waals surface area contributed by atoms with Gasteiger partial charge < -0.3 is 47.9 Å². The summed E-state index contributed by atoms with van der Waals surface area (Å²) < 4.78 is 5.06. The number of aliphatic carboxylic acids is 1. The van der Waals surface area contributed by atoms with Crippen molar-refractivity contribution in [1.29, 1.82) is 0 Å². The van der Waals surface area contributed by atoms with Gasteiger partial charge in [-0.25, -0.2) is 9.59 Å². The van der Waals surface area contributed by atoms with Crippen molar-refractivity contribution in [3.63, 3.8) is 0 Å². The summed E-state index contributed by atoms with van der Waals surface area (Å²) in [6.45, 7) is 7.92. The molecule has 16 nitrogen and oxygen atoms in total. The Morgan fingerprint density at radius 1 is 0.848 bits per heavy atom. The van der Waals surface area contributed by atoms with Gasteiger partial charge in [-0.1, -0.05) is 44.2 Å². The molecule has 0 heterocycles. The van der Waals surface area contributed by atoms with Gasteiger partial charge in [0.1, 0.15) is 30.3 Å². The van der Waals surface area contributed by atoms with Crippen LogP contribution >= 0.6 is 0 Å². The predicted molar refractivity (Wildman–Crippen MR) is 170 cm³/mol. The molecule has 1 rings (SSSR count). The van der Waals surface area contributed by atoms with Crippen LogP contribution in [0.25, 0.3) is 0 Å². The fraction of sp³-hybridized carbons (Fsp3) is 0.567. The van der Waals surface area contributed by atoms with Crippen LogP contribution in [-0.2, 0) is 35.1 Å². The van der Waals surface area contributed by atoms with E-state index in [0.717, 1.165) is 0 Å². The molecule has 10 N–H and O–H groups in total. The van der Waals surface area contributed by atoms with E-state index in [-0.39, 0.29) is 44.1 Å². The molecule has 0 unspecified atom stereocenters. The third-order valence-corrected chi connectivity index (χ3v) is 6.07. The van der Waals surface area contributed by atoms with E-state index in [2.05, 4.69) is 31.6 Å². The molecule has 1 aromatic carbocycles. The van der Waals surface area contributed by atoms with E-state index in [1.54, 1.807) is 51.1 Å². The standard InChI is InChI=1S/C30H48N8O8/c1-18(2)14-21(25(41)37-20(27(43)44)12-9-13-33-28(31)32)38-26(42)22(15-19-10-7-6-8-11-19)36-24(40)17-34-23(39)16-35-29(45)46-30(3,4)5/h6-8,10-11,18,20-22H,9,12-17H2,1-5H3,(H,34,39)(H,35,45)(H,36,40)(H,37,41)(H,38,42)(H,43,44)(H4,31,32,33)/t20-,21-,22-/m0/s1. The average molecular weight is 649 g/mol. The van der Waals surface area contributed by atoms with Crippen LogP contribution in [0, 0.1) is 5.92 Å². The van der Waals surface area contributed by atoms with Crippen LogP contribution in [0.5, 0.6) is 0 Å². The Morgan fingerprint density at radius 2 is 1.43 bits per heavy atom. The van der Waals surface area contributed by atoms with E-state index in [0.29, 0.717) is 5.56 Å². The van der Waals surface area contributed by atoms with E-state index in [4.69, 9.17) is 16.2 Å². The highest BCUT2D eigenvalue weighted by molar-refractivity contribution is 5.94. The highest BCUT2D eigenvalue weighted by atomic mass is 16.6. The Balaban J connectivity index is 2.95. The number of carboxylic acids is 1. The molecule has 0 fully saturated rings. The largest absolute Gasteiger partial charge is 0.480 e. The fourth-order valence-corrected chi connectivity index (χ4v) is 4.02. The first-order chi connectivity index (χ1) is 21.5. The topological polar surface area (TPSA) is 256 Å². The number of rotatable bonds is 18. The molecule has 0 aliphatic carbocycles. The van der Waals surface area contributed by atoms with Crippen molar-refractivity contribution in [3.8, 4) is 0 Å². The van der Waals surface area contributed by atoms with Crippen LogP contribution in [0.15, 0.2) is 35.3 Å². The first-order valence-electron chi connectivity index (χ1n) is 14.9. The lowest BCUT2D eigenvalue weighted by Crippen LogP contribution is -2.57. The minimum atomic E-state index is -1.26. The number of carbonyl (C=O) groups excluding carboxylic acids is 5. The van der Waals surface area contributed by atoms with Gasteiger partial charge >= 0.3 is 12.1 Å². The second kappa shape index (κ2) is 19.5. The Hall–Kier alpha value is -4.89. The summed E-state index contributed by atoms with van der Waals surface area (Å²) in [4.78, 5) is 79.0. The smallest absolute Gasteiger partial charge is 0.408 e. The van der Waals surface area contributed by atoms with E-state index >= 15 is 0 Å². The van der Waals surface area contributed by atoms with Crippen LogP contribution in [-0.4, -0.2) is 90.1 Å². The van der Waals surface area contributed by atoms with Crippen molar-refractivity contribution in [2.24, 2.45) is 22.4 Å². The van der Waals surface area contributed by atoms with Crippen LogP contribution in [0.4, 0.5) is 4.79 Å². The maximum Gasteiger partial charge on any atom is 0.408 e. The molecule has 1 aromatic rings. The Labute approximate surface area is 268 Å². The number of ether oxygens (including phenoxy) is 1. The molecule has 16 heteroatoms. The number of guanidine groups is 1. The van der Waals surface area contributed by atoms with Crippen LogP contribution in [0.2, 0.25) is 0 Å². The maximum absolute atomic E-state index is 13.5. The molecule has 46 heavy (non-hydrogen) atoms. The summed E-state index contributed by atoms with van der Waals surface area (Å²) in [6, 6.07) is 5.32. The van der Waals surface area contributed by atoms with Gasteiger partial charge in [-0.2, -0.15) is 0 Å². The van der Waals surface area contributed by atoms with Crippen molar-refractivity contribution < 1.29 is 38.6 Å². The second-order valence-corrected chi connectivity index (χ2v) is 12.0. The molecule has 0 aromatic heterocycles. The Morgan fingerprint density at radius 3 is 2.00 bits per heavy atom. The monoisotopic (exact) mass is 648 g/mol. The minimum absolute atomic E-state index is 0.0475. The molecular formula is C30H48N8O8. The predicted octanol–water partition coefficient (Wildman–Crippen LogP) is -0.491. The van der Waals surface area contributed by atoms with Gasteiger partial charge in [0.25, 0.3) is 0 Å². The van der Waals surface area contributed by atoms with Crippen molar-refractivity contribution in [2.75, 3.05) is 19.6 Å². The zero-order valence-electron chi connectivity index (χ0n) is 27.1. The lowest BCUT2D eigenvalue weighted by atomic mass is 10.0. The first-order valence-corrected chi connectivity index (χ1v) is 14.9. The van der Waals surface area contributed by atoms with E-state index in [1.165, 1.54) is 0 Å². The third-order valence-electron chi connectivity index (χ3n) is 6.07. The average Bonchev–Trinajstić information content (AvgIpc) is 2.94. The molecule has 0 bridgehead atoms. The number of nitrogens with two attached hydrogens (primary N) is 2. The zero-order valence-corrected chi connectivity index (χ0v) is 27.1. The van der Waals surface area contributed by atoms with Gasteiger partial charge in [0.2, 0.25) is 23.6 Å². The van der Waals surface area contributed by atoms with Gasteiger partial charge in [-0.05, 0) is 51.5 Å².